The molecule has 1 aliphatic heterocycles. The maximum atomic E-state index is 13.8. The Balaban J connectivity index is 1.65. The molecule has 0 bridgehead atoms. The second kappa shape index (κ2) is 9.20. The van der Waals surface area contributed by atoms with Gasteiger partial charge in [-0.05, 0) is 25.1 Å². The first-order chi connectivity index (χ1) is 16.2. The van der Waals surface area contributed by atoms with Gasteiger partial charge in [0.15, 0.2) is 17.0 Å². The number of hydrogen-bond donors (Lipinski definition) is 0. The van der Waals surface area contributed by atoms with Crippen LogP contribution in [-0.2, 0) is 10.9 Å². The number of carbonyl (C=O) groups excluding carboxylic acids is 2. The molecule has 1 aromatic carbocycles. The van der Waals surface area contributed by atoms with Gasteiger partial charge in [0.1, 0.15) is 5.75 Å². The van der Waals surface area contributed by atoms with E-state index in [0.717, 1.165) is 6.07 Å². The van der Waals surface area contributed by atoms with Crippen molar-refractivity contribution in [1.29, 1.82) is 0 Å². The summed E-state index contributed by atoms with van der Waals surface area (Å²) in [5.41, 5.74) is -0.828. The predicted octanol–water partition coefficient (Wildman–Crippen LogP) is 3.34. The van der Waals surface area contributed by atoms with E-state index in [0.29, 0.717) is 15.8 Å². The third-order valence-electron chi connectivity index (χ3n) is 5.40. The summed E-state index contributed by atoms with van der Waals surface area (Å²) in [6.45, 7) is 2.86. The molecular weight excluding hydrogens is 455 g/mol. The molecular formula is C22H22F3N5O4. The van der Waals surface area contributed by atoms with Crippen LogP contribution in [0.1, 0.15) is 23.1 Å². The SMILES string of the molecule is CCOC(=O)N1CCN(C(=O)c2cc3nc(-c4cccc(OC)c4)cc(C(F)(F)F)n3n2)CC1. The van der Waals surface area contributed by atoms with Crippen LogP contribution in [0, 0.1) is 0 Å². The van der Waals surface area contributed by atoms with E-state index in [9.17, 15) is 22.8 Å². The van der Waals surface area contributed by atoms with E-state index in [1.165, 1.54) is 23.0 Å². The molecule has 0 aliphatic carbocycles. The summed E-state index contributed by atoms with van der Waals surface area (Å²) in [6.07, 6.45) is -5.20. The highest BCUT2D eigenvalue weighted by atomic mass is 19.4. The molecule has 0 atom stereocenters. The number of carbonyl (C=O) groups is 2. The van der Waals surface area contributed by atoms with E-state index >= 15 is 0 Å². The monoisotopic (exact) mass is 477 g/mol. The van der Waals surface area contributed by atoms with Crippen LogP contribution >= 0.6 is 0 Å². The fraction of sp³-hybridized carbons (Fsp3) is 0.364. The highest BCUT2D eigenvalue weighted by Crippen LogP contribution is 2.33. The third-order valence-corrected chi connectivity index (χ3v) is 5.40. The van der Waals surface area contributed by atoms with Gasteiger partial charge in [0.25, 0.3) is 5.91 Å². The fourth-order valence-corrected chi connectivity index (χ4v) is 3.68. The van der Waals surface area contributed by atoms with Crippen molar-refractivity contribution in [2.24, 2.45) is 0 Å². The summed E-state index contributed by atoms with van der Waals surface area (Å²) >= 11 is 0. The number of aromatic nitrogens is 3. The zero-order chi connectivity index (χ0) is 24.5. The third kappa shape index (κ3) is 4.61. The van der Waals surface area contributed by atoms with Gasteiger partial charge in [-0.25, -0.2) is 14.3 Å². The molecule has 1 aliphatic rings. The lowest BCUT2D eigenvalue weighted by atomic mass is 10.1. The van der Waals surface area contributed by atoms with E-state index in [4.69, 9.17) is 9.47 Å². The Morgan fingerprint density at radius 1 is 1.06 bits per heavy atom. The quantitative estimate of drug-likeness (QED) is 0.573. The van der Waals surface area contributed by atoms with Crippen molar-refractivity contribution in [2.75, 3.05) is 39.9 Å². The summed E-state index contributed by atoms with van der Waals surface area (Å²) in [6, 6.07) is 8.64. The fourth-order valence-electron chi connectivity index (χ4n) is 3.68. The van der Waals surface area contributed by atoms with Crippen molar-refractivity contribution in [3.05, 3.63) is 47.8 Å². The molecule has 1 saturated heterocycles. The number of rotatable bonds is 4. The molecule has 12 heteroatoms. The molecule has 180 valence electrons. The van der Waals surface area contributed by atoms with Crippen molar-refractivity contribution < 1.29 is 32.2 Å². The molecule has 34 heavy (non-hydrogen) atoms. The second-order valence-corrected chi connectivity index (χ2v) is 7.53. The van der Waals surface area contributed by atoms with Gasteiger partial charge in [0.05, 0.1) is 19.4 Å². The van der Waals surface area contributed by atoms with Crippen molar-refractivity contribution in [2.45, 2.75) is 13.1 Å². The Kier molecular flexibility index (Phi) is 6.31. The Labute approximate surface area is 192 Å². The van der Waals surface area contributed by atoms with Crippen LogP contribution in [0.4, 0.5) is 18.0 Å². The molecule has 0 radical (unpaired) electrons. The van der Waals surface area contributed by atoms with E-state index in [1.54, 1.807) is 31.2 Å². The molecule has 2 amide bonds. The lowest BCUT2D eigenvalue weighted by Gasteiger charge is -2.33. The van der Waals surface area contributed by atoms with Crippen LogP contribution in [0.3, 0.4) is 0 Å². The minimum absolute atomic E-state index is 0.0701. The molecule has 0 unspecified atom stereocenters. The standard InChI is InChI=1S/C22H22F3N5O4/c1-3-34-21(32)29-9-7-28(8-10-29)20(31)17-13-19-26-16(14-5-4-6-15(11-14)33-2)12-18(22(23,24)25)30(19)27-17/h4-6,11-13H,3,7-10H2,1-2H3. The maximum Gasteiger partial charge on any atom is 0.433 e. The van der Waals surface area contributed by atoms with Crippen LogP contribution in [0.15, 0.2) is 36.4 Å². The number of methoxy groups -OCH3 is 1. The van der Waals surface area contributed by atoms with Crippen molar-refractivity contribution in [1.82, 2.24) is 24.4 Å². The zero-order valence-corrected chi connectivity index (χ0v) is 18.5. The summed E-state index contributed by atoms with van der Waals surface area (Å²) in [7, 11) is 1.46. The Morgan fingerprint density at radius 2 is 1.76 bits per heavy atom. The van der Waals surface area contributed by atoms with Crippen molar-refractivity contribution in [3.63, 3.8) is 0 Å². The number of piperazine rings is 1. The minimum Gasteiger partial charge on any atom is -0.497 e. The van der Waals surface area contributed by atoms with Crippen LogP contribution in [-0.4, -0.2) is 76.3 Å². The predicted molar refractivity (Wildman–Crippen MR) is 114 cm³/mol. The number of fused-ring (bicyclic) bond motifs is 1. The van der Waals surface area contributed by atoms with Gasteiger partial charge in [0.2, 0.25) is 0 Å². The summed E-state index contributed by atoms with van der Waals surface area (Å²) in [5, 5.41) is 3.92. The van der Waals surface area contributed by atoms with Crippen LogP contribution in [0.5, 0.6) is 5.75 Å². The number of halogens is 3. The minimum atomic E-state index is -4.73. The largest absolute Gasteiger partial charge is 0.497 e. The average Bonchev–Trinajstić information content (AvgIpc) is 3.26. The summed E-state index contributed by atoms with van der Waals surface area (Å²) in [4.78, 5) is 32.0. The highest BCUT2D eigenvalue weighted by molar-refractivity contribution is 5.93. The van der Waals surface area contributed by atoms with Crippen molar-refractivity contribution in [3.8, 4) is 17.0 Å². The molecule has 0 saturated carbocycles. The van der Waals surface area contributed by atoms with E-state index in [2.05, 4.69) is 10.1 Å². The van der Waals surface area contributed by atoms with Crippen LogP contribution in [0.2, 0.25) is 0 Å². The number of nitrogens with zero attached hydrogens (tertiary/aromatic N) is 5. The first kappa shape index (κ1) is 23.3. The lowest BCUT2D eigenvalue weighted by molar-refractivity contribution is -0.142. The van der Waals surface area contributed by atoms with Gasteiger partial charge < -0.3 is 19.3 Å². The van der Waals surface area contributed by atoms with E-state index in [-0.39, 0.29) is 49.8 Å². The first-order valence-corrected chi connectivity index (χ1v) is 10.5. The molecule has 9 nitrogen and oxygen atoms in total. The van der Waals surface area contributed by atoms with E-state index < -0.39 is 23.9 Å². The number of hydrogen-bond acceptors (Lipinski definition) is 6. The van der Waals surface area contributed by atoms with Crippen molar-refractivity contribution >= 4 is 17.6 Å². The zero-order valence-electron chi connectivity index (χ0n) is 18.5. The number of alkyl halides is 3. The smallest absolute Gasteiger partial charge is 0.433 e. The van der Waals surface area contributed by atoms with Crippen LogP contribution < -0.4 is 4.74 Å². The summed E-state index contributed by atoms with van der Waals surface area (Å²) < 4.78 is 52.3. The summed E-state index contributed by atoms with van der Waals surface area (Å²) in [5.74, 6) is -0.0656. The van der Waals surface area contributed by atoms with Gasteiger partial charge >= 0.3 is 12.3 Å². The molecule has 3 heterocycles. The van der Waals surface area contributed by atoms with Gasteiger partial charge in [-0.3, -0.25) is 4.79 Å². The normalized spacial score (nSPS) is 14.4. The first-order valence-electron chi connectivity index (χ1n) is 10.5. The average molecular weight is 477 g/mol. The number of ether oxygens (including phenoxy) is 2. The van der Waals surface area contributed by atoms with Gasteiger partial charge in [-0.15, -0.1) is 0 Å². The maximum absolute atomic E-state index is 13.8. The molecule has 3 aromatic rings. The second-order valence-electron chi connectivity index (χ2n) is 7.53. The molecule has 4 rings (SSSR count). The molecule has 1 fully saturated rings. The molecule has 0 N–H and O–H groups in total. The molecule has 0 spiro atoms. The van der Waals surface area contributed by atoms with Gasteiger partial charge in [-0.1, -0.05) is 12.1 Å². The van der Waals surface area contributed by atoms with Crippen LogP contribution in [0.25, 0.3) is 16.9 Å². The van der Waals surface area contributed by atoms with Gasteiger partial charge in [-0.2, -0.15) is 18.3 Å². The topological polar surface area (TPSA) is 89.3 Å². The van der Waals surface area contributed by atoms with Gasteiger partial charge in [0, 0.05) is 37.8 Å². The lowest BCUT2D eigenvalue weighted by Crippen LogP contribution is -2.50. The van der Waals surface area contributed by atoms with E-state index in [1.807, 2.05) is 0 Å². The number of benzene rings is 1. The highest BCUT2D eigenvalue weighted by Gasteiger charge is 2.36. The Bertz CT molecular complexity index is 1220. The molecule has 2 aromatic heterocycles. The number of amides is 2. The Hall–Kier alpha value is -3.83. The Morgan fingerprint density at radius 3 is 2.41 bits per heavy atom.